The Morgan fingerprint density at radius 3 is 2.23 bits per heavy atom. The third kappa shape index (κ3) is 8.20. The molecule has 0 fully saturated rings. The Hall–Kier alpha value is -3.20. The molecule has 35 heavy (non-hydrogen) atoms. The second kappa shape index (κ2) is 12.0. The van der Waals surface area contributed by atoms with Gasteiger partial charge in [0.1, 0.15) is 0 Å². The van der Waals surface area contributed by atoms with Crippen molar-refractivity contribution in [3.8, 4) is 11.1 Å². The van der Waals surface area contributed by atoms with Crippen LogP contribution in [0.2, 0.25) is 0 Å². The molecule has 8 heteroatoms. The average molecular weight is 496 g/mol. The molecule has 186 valence electrons. The maximum atomic E-state index is 12.5. The number of benzene rings is 3. The molecule has 0 unspecified atom stereocenters. The molecule has 3 aromatic carbocycles. The van der Waals surface area contributed by atoms with Crippen LogP contribution in [0.4, 0.5) is 5.69 Å². The van der Waals surface area contributed by atoms with Crippen molar-refractivity contribution < 1.29 is 18.3 Å². The number of nitrogens with one attached hydrogen (secondary N) is 3. The number of aliphatic hydroxyl groups excluding tert-OH is 1. The van der Waals surface area contributed by atoms with Crippen molar-refractivity contribution in [2.24, 2.45) is 0 Å². The summed E-state index contributed by atoms with van der Waals surface area (Å²) in [7, 11) is -3.66. The summed E-state index contributed by atoms with van der Waals surface area (Å²) in [6.07, 6.45) is 1.25. The van der Waals surface area contributed by atoms with E-state index in [-0.39, 0.29) is 11.6 Å². The maximum absolute atomic E-state index is 12.5. The number of carbonyl (C=O) groups excluding carboxylic acids is 1. The highest BCUT2D eigenvalue weighted by atomic mass is 32.2. The van der Waals surface area contributed by atoms with E-state index in [2.05, 4.69) is 22.8 Å². The number of hydrogen-bond donors (Lipinski definition) is 4. The van der Waals surface area contributed by atoms with E-state index in [1.807, 2.05) is 73.2 Å². The topological polar surface area (TPSA) is 108 Å². The van der Waals surface area contributed by atoms with Gasteiger partial charge in [-0.2, -0.15) is 0 Å². The first-order valence-corrected chi connectivity index (χ1v) is 13.5. The van der Waals surface area contributed by atoms with Gasteiger partial charge < -0.3 is 15.7 Å². The van der Waals surface area contributed by atoms with E-state index in [1.165, 1.54) is 5.56 Å². The first kappa shape index (κ1) is 26.4. The van der Waals surface area contributed by atoms with Gasteiger partial charge in [0.25, 0.3) is 5.91 Å². The predicted octanol–water partition coefficient (Wildman–Crippen LogP) is 3.73. The van der Waals surface area contributed by atoms with Gasteiger partial charge in [0.15, 0.2) is 0 Å². The molecule has 0 saturated heterocycles. The lowest BCUT2D eigenvalue weighted by atomic mass is 10.00. The van der Waals surface area contributed by atoms with Crippen LogP contribution >= 0.6 is 0 Å². The molecule has 0 radical (unpaired) electrons. The lowest BCUT2D eigenvalue weighted by Crippen LogP contribution is -2.30. The quantitative estimate of drug-likeness (QED) is 0.302. The van der Waals surface area contributed by atoms with Gasteiger partial charge in [-0.05, 0) is 61.2 Å². The third-order valence-corrected chi connectivity index (χ3v) is 5.94. The van der Waals surface area contributed by atoms with E-state index in [0.717, 1.165) is 35.9 Å². The molecule has 0 aliphatic rings. The Balaban J connectivity index is 1.64. The van der Waals surface area contributed by atoms with Crippen LogP contribution in [0.5, 0.6) is 0 Å². The SMILES string of the molecule is CC(C)Nc1cc(-c2ccc(CCNC[C@@H](O)c3ccccc3)cc2)ccc1C(=O)NS(C)(=O)=O. The number of rotatable bonds is 11. The van der Waals surface area contributed by atoms with Crippen LogP contribution in [0, 0.1) is 0 Å². The molecule has 3 rings (SSSR count). The minimum Gasteiger partial charge on any atom is -0.387 e. The Labute approximate surface area is 207 Å². The van der Waals surface area contributed by atoms with Crippen LogP contribution < -0.4 is 15.4 Å². The standard InChI is InChI=1S/C27H33N3O4S/c1-19(2)29-25-17-23(13-14-24(25)27(32)30-35(3,33)34)21-11-9-20(10-12-21)15-16-28-18-26(31)22-7-5-4-6-8-22/h4-14,17,19,26,28-29,31H,15-16,18H2,1-3H3,(H,30,32)/t26-/m1/s1. The lowest BCUT2D eigenvalue weighted by molar-refractivity contribution is 0.0982. The highest BCUT2D eigenvalue weighted by Crippen LogP contribution is 2.27. The van der Waals surface area contributed by atoms with Gasteiger partial charge >= 0.3 is 0 Å². The number of amides is 1. The number of hydrogen-bond acceptors (Lipinski definition) is 6. The molecule has 0 aliphatic heterocycles. The van der Waals surface area contributed by atoms with Gasteiger partial charge in [-0.25, -0.2) is 13.1 Å². The Bertz CT molecular complexity index is 1230. The summed E-state index contributed by atoms with van der Waals surface area (Å²) in [5, 5.41) is 16.8. The van der Waals surface area contributed by atoms with Crippen LogP contribution in [0.25, 0.3) is 11.1 Å². The van der Waals surface area contributed by atoms with Gasteiger partial charge in [0.05, 0.1) is 17.9 Å². The highest BCUT2D eigenvalue weighted by molar-refractivity contribution is 7.89. The molecule has 0 bridgehead atoms. The van der Waals surface area contributed by atoms with Crippen molar-refractivity contribution in [1.82, 2.24) is 10.0 Å². The average Bonchev–Trinajstić information content (AvgIpc) is 2.81. The molecule has 0 saturated carbocycles. The highest BCUT2D eigenvalue weighted by Gasteiger charge is 2.17. The van der Waals surface area contributed by atoms with Crippen LogP contribution in [-0.4, -0.2) is 44.8 Å². The number of aliphatic hydroxyl groups is 1. The summed E-state index contributed by atoms with van der Waals surface area (Å²) in [5.41, 5.74) is 4.82. The summed E-state index contributed by atoms with van der Waals surface area (Å²) in [6, 6.07) is 23.1. The molecule has 1 atom stereocenters. The molecule has 1 amide bonds. The summed E-state index contributed by atoms with van der Waals surface area (Å²) < 4.78 is 25.0. The van der Waals surface area contributed by atoms with E-state index in [0.29, 0.717) is 12.2 Å². The molecule has 4 N–H and O–H groups in total. The Morgan fingerprint density at radius 2 is 1.60 bits per heavy atom. The monoisotopic (exact) mass is 495 g/mol. The van der Waals surface area contributed by atoms with E-state index >= 15 is 0 Å². The zero-order valence-corrected chi connectivity index (χ0v) is 21.1. The van der Waals surface area contributed by atoms with Crippen molar-refractivity contribution in [1.29, 1.82) is 0 Å². The number of anilines is 1. The van der Waals surface area contributed by atoms with Crippen LogP contribution in [0.15, 0.2) is 72.8 Å². The molecule has 0 heterocycles. The Morgan fingerprint density at radius 1 is 0.943 bits per heavy atom. The van der Waals surface area contributed by atoms with E-state index in [1.54, 1.807) is 6.07 Å². The Kier molecular flexibility index (Phi) is 9.03. The maximum Gasteiger partial charge on any atom is 0.266 e. The minimum atomic E-state index is -3.66. The zero-order valence-electron chi connectivity index (χ0n) is 20.3. The summed E-state index contributed by atoms with van der Waals surface area (Å²) in [4.78, 5) is 12.5. The van der Waals surface area contributed by atoms with Crippen LogP contribution in [0.3, 0.4) is 0 Å². The van der Waals surface area contributed by atoms with Gasteiger partial charge in [-0.3, -0.25) is 4.79 Å². The van der Waals surface area contributed by atoms with Crippen molar-refractivity contribution in [3.63, 3.8) is 0 Å². The minimum absolute atomic E-state index is 0.0605. The number of carbonyl (C=O) groups is 1. The summed E-state index contributed by atoms with van der Waals surface area (Å²) >= 11 is 0. The first-order chi connectivity index (χ1) is 16.6. The fraction of sp³-hybridized carbons (Fsp3) is 0.296. The second-order valence-electron chi connectivity index (χ2n) is 8.84. The van der Waals surface area contributed by atoms with Crippen molar-refractivity contribution >= 4 is 21.6 Å². The van der Waals surface area contributed by atoms with Crippen LogP contribution in [-0.2, 0) is 16.4 Å². The van der Waals surface area contributed by atoms with Gasteiger partial charge in [0, 0.05) is 18.3 Å². The van der Waals surface area contributed by atoms with E-state index < -0.39 is 22.0 Å². The molecule has 7 nitrogen and oxygen atoms in total. The van der Waals surface area contributed by atoms with Crippen molar-refractivity contribution in [2.45, 2.75) is 32.4 Å². The largest absolute Gasteiger partial charge is 0.387 e. The predicted molar refractivity (Wildman–Crippen MR) is 141 cm³/mol. The molecule has 0 aliphatic carbocycles. The smallest absolute Gasteiger partial charge is 0.266 e. The molecule has 0 aromatic heterocycles. The lowest BCUT2D eigenvalue weighted by Gasteiger charge is -2.16. The van der Waals surface area contributed by atoms with Gasteiger partial charge in [-0.1, -0.05) is 60.7 Å². The second-order valence-corrected chi connectivity index (χ2v) is 10.6. The normalized spacial score (nSPS) is 12.4. The third-order valence-electron chi connectivity index (χ3n) is 5.39. The molecular weight excluding hydrogens is 462 g/mol. The van der Waals surface area contributed by atoms with Crippen molar-refractivity contribution in [2.75, 3.05) is 24.7 Å². The van der Waals surface area contributed by atoms with Gasteiger partial charge in [-0.15, -0.1) is 0 Å². The molecule has 0 spiro atoms. The van der Waals surface area contributed by atoms with E-state index in [9.17, 15) is 18.3 Å². The zero-order chi connectivity index (χ0) is 25.4. The first-order valence-electron chi connectivity index (χ1n) is 11.6. The van der Waals surface area contributed by atoms with Crippen molar-refractivity contribution in [3.05, 3.63) is 89.5 Å². The molecule has 3 aromatic rings. The number of sulfonamides is 1. The fourth-order valence-corrected chi connectivity index (χ4v) is 4.15. The summed E-state index contributed by atoms with van der Waals surface area (Å²) in [6.45, 7) is 5.14. The molecular formula is C27H33N3O4S. The summed E-state index contributed by atoms with van der Waals surface area (Å²) in [5.74, 6) is -0.664. The van der Waals surface area contributed by atoms with Crippen LogP contribution in [0.1, 0.15) is 41.4 Å². The van der Waals surface area contributed by atoms with Gasteiger partial charge in [0.2, 0.25) is 10.0 Å². The van der Waals surface area contributed by atoms with E-state index in [4.69, 9.17) is 0 Å². The fourth-order valence-electron chi connectivity index (χ4n) is 3.70.